The van der Waals surface area contributed by atoms with Crippen molar-refractivity contribution in [3.05, 3.63) is 24.3 Å². The van der Waals surface area contributed by atoms with Crippen molar-refractivity contribution in [2.24, 2.45) is 5.92 Å². The lowest BCUT2D eigenvalue weighted by atomic mass is 10.1. The minimum atomic E-state index is 0.730. The molecule has 1 aromatic carbocycles. The number of rotatable bonds is 8. The third-order valence-corrected chi connectivity index (χ3v) is 3.27. The standard InChI is InChI=1S/C15H26N2O/c1-4-13(3)12-17(5-2)10-11-18-15-8-6-14(16)7-9-15/h6-9,13H,4-5,10-12,16H2,1-3H3. The molecule has 2 N–H and O–H groups in total. The van der Waals surface area contributed by atoms with Crippen LogP contribution in [-0.2, 0) is 0 Å². The summed E-state index contributed by atoms with van der Waals surface area (Å²) in [5.41, 5.74) is 6.40. The van der Waals surface area contributed by atoms with Gasteiger partial charge in [-0.05, 0) is 36.7 Å². The zero-order valence-corrected chi connectivity index (χ0v) is 11.9. The molecular weight excluding hydrogens is 224 g/mol. The van der Waals surface area contributed by atoms with E-state index >= 15 is 0 Å². The maximum absolute atomic E-state index is 5.71. The van der Waals surface area contributed by atoms with Crippen LogP contribution in [0.5, 0.6) is 5.75 Å². The van der Waals surface area contributed by atoms with Crippen LogP contribution in [0.15, 0.2) is 24.3 Å². The lowest BCUT2D eigenvalue weighted by Crippen LogP contribution is -2.32. The van der Waals surface area contributed by atoms with Crippen molar-refractivity contribution in [3.8, 4) is 5.75 Å². The van der Waals surface area contributed by atoms with Crippen molar-refractivity contribution in [2.75, 3.05) is 32.0 Å². The van der Waals surface area contributed by atoms with E-state index in [0.29, 0.717) is 0 Å². The van der Waals surface area contributed by atoms with Gasteiger partial charge < -0.3 is 10.5 Å². The number of anilines is 1. The van der Waals surface area contributed by atoms with Crippen LogP contribution in [0.2, 0.25) is 0 Å². The van der Waals surface area contributed by atoms with Crippen molar-refractivity contribution in [2.45, 2.75) is 27.2 Å². The molecule has 1 unspecified atom stereocenters. The highest BCUT2D eigenvalue weighted by molar-refractivity contribution is 5.41. The number of hydrogen-bond donors (Lipinski definition) is 1. The molecule has 0 saturated heterocycles. The summed E-state index contributed by atoms with van der Waals surface area (Å²) in [5.74, 6) is 1.64. The van der Waals surface area contributed by atoms with Crippen molar-refractivity contribution < 1.29 is 4.74 Å². The highest BCUT2D eigenvalue weighted by atomic mass is 16.5. The highest BCUT2D eigenvalue weighted by Crippen LogP contribution is 2.13. The van der Waals surface area contributed by atoms with Crippen LogP contribution >= 0.6 is 0 Å². The van der Waals surface area contributed by atoms with Crippen LogP contribution in [-0.4, -0.2) is 31.1 Å². The Morgan fingerprint density at radius 3 is 2.44 bits per heavy atom. The highest BCUT2D eigenvalue weighted by Gasteiger charge is 2.07. The number of nitrogens with zero attached hydrogens (tertiary/aromatic N) is 1. The second-order valence-corrected chi connectivity index (χ2v) is 4.82. The zero-order chi connectivity index (χ0) is 13.4. The van der Waals surface area contributed by atoms with E-state index in [1.807, 2.05) is 24.3 Å². The summed E-state index contributed by atoms with van der Waals surface area (Å²) in [6.07, 6.45) is 1.23. The Bertz CT molecular complexity index is 324. The Kier molecular flexibility index (Phi) is 6.58. The molecule has 1 atom stereocenters. The Morgan fingerprint density at radius 1 is 1.22 bits per heavy atom. The third kappa shape index (κ3) is 5.41. The average molecular weight is 250 g/mol. The summed E-state index contributed by atoms with van der Waals surface area (Å²) in [4.78, 5) is 2.44. The minimum absolute atomic E-state index is 0.730. The third-order valence-electron chi connectivity index (χ3n) is 3.27. The Labute approximate surface area is 111 Å². The molecule has 18 heavy (non-hydrogen) atoms. The molecule has 0 aliphatic rings. The van der Waals surface area contributed by atoms with Crippen molar-refractivity contribution in [3.63, 3.8) is 0 Å². The normalized spacial score (nSPS) is 12.7. The first-order chi connectivity index (χ1) is 8.65. The van der Waals surface area contributed by atoms with Crippen LogP contribution in [0.3, 0.4) is 0 Å². The molecule has 3 heteroatoms. The molecule has 0 heterocycles. The molecule has 102 valence electrons. The molecule has 1 aromatic rings. The summed E-state index contributed by atoms with van der Waals surface area (Å²) in [7, 11) is 0. The van der Waals surface area contributed by atoms with Crippen LogP contribution in [0.25, 0.3) is 0 Å². The fourth-order valence-electron chi connectivity index (χ4n) is 1.81. The fourth-order valence-corrected chi connectivity index (χ4v) is 1.81. The topological polar surface area (TPSA) is 38.5 Å². The van der Waals surface area contributed by atoms with Gasteiger partial charge in [0, 0.05) is 18.8 Å². The molecule has 0 aliphatic carbocycles. The minimum Gasteiger partial charge on any atom is -0.492 e. The van der Waals surface area contributed by atoms with E-state index in [9.17, 15) is 0 Å². The molecule has 1 rings (SSSR count). The summed E-state index contributed by atoms with van der Waals surface area (Å²) in [5, 5.41) is 0. The van der Waals surface area contributed by atoms with Gasteiger partial charge >= 0.3 is 0 Å². The van der Waals surface area contributed by atoms with Gasteiger partial charge in [-0.1, -0.05) is 27.2 Å². The summed E-state index contributed by atoms with van der Waals surface area (Å²) >= 11 is 0. The first-order valence-electron chi connectivity index (χ1n) is 6.86. The lowest BCUT2D eigenvalue weighted by molar-refractivity contribution is 0.194. The molecule has 3 nitrogen and oxygen atoms in total. The summed E-state index contributed by atoms with van der Waals surface area (Å²) < 4.78 is 5.71. The van der Waals surface area contributed by atoms with Crippen LogP contribution < -0.4 is 10.5 Å². The first kappa shape index (κ1) is 14.8. The van der Waals surface area contributed by atoms with Crippen molar-refractivity contribution in [1.29, 1.82) is 0 Å². The van der Waals surface area contributed by atoms with E-state index in [1.54, 1.807) is 0 Å². The summed E-state index contributed by atoms with van der Waals surface area (Å²) in [6.45, 7) is 10.7. The Balaban J connectivity index is 2.28. The zero-order valence-electron chi connectivity index (χ0n) is 11.9. The molecule has 0 spiro atoms. The van der Waals surface area contributed by atoms with Gasteiger partial charge in [0.15, 0.2) is 0 Å². The number of benzene rings is 1. The maximum atomic E-state index is 5.71. The SMILES string of the molecule is CCC(C)CN(CC)CCOc1ccc(N)cc1. The van der Waals surface area contributed by atoms with E-state index in [0.717, 1.165) is 43.6 Å². The largest absolute Gasteiger partial charge is 0.492 e. The van der Waals surface area contributed by atoms with Gasteiger partial charge in [-0.2, -0.15) is 0 Å². The number of nitrogens with two attached hydrogens (primary N) is 1. The van der Waals surface area contributed by atoms with Gasteiger partial charge in [0.25, 0.3) is 0 Å². The van der Waals surface area contributed by atoms with Gasteiger partial charge in [0.05, 0.1) is 0 Å². The predicted octanol–water partition coefficient (Wildman–Crippen LogP) is 3.02. The number of nitrogen functional groups attached to an aromatic ring is 1. The molecule has 0 bridgehead atoms. The van der Waals surface area contributed by atoms with E-state index in [1.165, 1.54) is 6.42 Å². The predicted molar refractivity (Wildman–Crippen MR) is 77.9 cm³/mol. The van der Waals surface area contributed by atoms with Gasteiger partial charge in [0.1, 0.15) is 12.4 Å². The molecule has 0 saturated carbocycles. The molecule has 0 aliphatic heterocycles. The van der Waals surface area contributed by atoms with Crippen LogP contribution in [0.1, 0.15) is 27.2 Å². The van der Waals surface area contributed by atoms with Gasteiger partial charge in [-0.3, -0.25) is 4.90 Å². The van der Waals surface area contributed by atoms with Gasteiger partial charge in [0.2, 0.25) is 0 Å². The first-order valence-corrected chi connectivity index (χ1v) is 6.86. The van der Waals surface area contributed by atoms with E-state index in [-0.39, 0.29) is 0 Å². The van der Waals surface area contributed by atoms with Gasteiger partial charge in [-0.15, -0.1) is 0 Å². The monoisotopic (exact) mass is 250 g/mol. The molecular formula is C15H26N2O. The lowest BCUT2D eigenvalue weighted by Gasteiger charge is -2.23. The maximum Gasteiger partial charge on any atom is 0.119 e. The molecule has 0 radical (unpaired) electrons. The smallest absolute Gasteiger partial charge is 0.119 e. The number of hydrogen-bond acceptors (Lipinski definition) is 3. The second kappa shape index (κ2) is 7.98. The second-order valence-electron chi connectivity index (χ2n) is 4.82. The fraction of sp³-hybridized carbons (Fsp3) is 0.600. The molecule has 0 fully saturated rings. The Hall–Kier alpha value is -1.22. The van der Waals surface area contributed by atoms with E-state index in [4.69, 9.17) is 10.5 Å². The summed E-state index contributed by atoms with van der Waals surface area (Å²) in [6, 6.07) is 7.57. The van der Waals surface area contributed by atoms with Gasteiger partial charge in [-0.25, -0.2) is 0 Å². The molecule has 0 amide bonds. The quantitative estimate of drug-likeness (QED) is 0.721. The average Bonchev–Trinajstić information content (AvgIpc) is 2.39. The number of ether oxygens (including phenoxy) is 1. The van der Waals surface area contributed by atoms with Crippen LogP contribution in [0, 0.1) is 5.92 Å². The van der Waals surface area contributed by atoms with E-state index < -0.39 is 0 Å². The van der Waals surface area contributed by atoms with Crippen molar-refractivity contribution >= 4 is 5.69 Å². The van der Waals surface area contributed by atoms with Crippen molar-refractivity contribution in [1.82, 2.24) is 4.90 Å². The van der Waals surface area contributed by atoms with Crippen LogP contribution in [0.4, 0.5) is 5.69 Å². The number of likely N-dealkylation sites (N-methyl/N-ethyl adjacent to an activating group) is 1. The molecule has 0 aromatic heterocycles. The Morgan fingerprint density at radius 2 is 1.89 bits per heavy atom. The van der Waals surface area contributed by atoms with E-state index in [2.05, 4.69) is 25.7 Å².